The van der Waals surface area contributed by atoms with Crippen molar-refractivity contribution in [3.8, 4) is 5.75 Å². The third-order valence-corrected chi connectivity index (χ3v) is 3.06. The van der Waals surface area contributed by atoms with Crippen LogP contribution < -0.4 is 4.74 Å². The molecule has 18 heavy (non-hydrogen) atoms. The maximum Gasteiger partial charge on any atom is 0.126 e. The Morgan fingerprint density at radius 2 is 2.00 bits per heavy atom. The smallest absolute Gasteiger partial charge is 0.126 e. The highest BCUT2D eigenvalue weighted by Gasteiger charge is 2.09. The zero-order valence-corrected chi connectivity index (χ0v) is 11.6. The Bertz CT molecular complexity index is 514. The predicted molar refractivity (Wildman–Crippen MR) is 73.3 cm³/mol. The van der Waals surface area contributed by atoms with Crippen molar-refractivity contribution in [3.63, 3.8) is 0 Å². The third kappa shape index (κ3) is 3.31. The van der Waals surface area contributed by atoms with E-state index < -0.39 is 6.10 Å². The summed E-state index contributed by atoms with van der Waals surface area (Å²) in [6.45, 7) is 2.18. The molecule has 0 saturated carbocycles. The number of halogens is 1. The highest BCUT2D eigenvalue weighted by molar-refractivity contribution is 9.10. The van der Waals surface area contributed by atoms with E-state index in [4.69, 9.17) is 4.74 Å². The van der Waals surface area contributed by atoms with E-state index in [9.17, 15) is 5.11 Å². The van der Waals surface area contributed by atoms with Crippen molar-refractivity contribution >= 4 is 15.9 Å². The van der Waals surface area contributed by atoms with E-state index in [1.807, 2.05) is 30.3 Å². The van der Waals surface area contributed by atoms with Crippen LogP contribution in [0.25, 0.3) is 0 Å². The summed E-state index contributed by atoms with van der Waals surface area (Å²) >= 11 is 3.40. The van der Waals surface area contributed by atoms with Gasteiger partial charge in [-0.05, 0) is 36.8 Å². The van der Waals surface area contributed by atoms with Gasteiger partial charge in [0.15, 0.2) is 0 Å². The lowest BCUT2D eigenvalue weighted by molar-refractivity contribution is 0.190. The van der Waals surface area contributed by atoms with Gasteiger partial charge in [-0.15, -0.1) is 0 Å². The molecule has 1 N–H and O–H groups in total. The molecule has 2 aromatic rings. The summed E-state index contributed by atoms with van der Waals surface area (Å²) in [6, 6.07) is 9.42. The molecule has 1 atom stereocenters. The van der Waals surface area contributed by atoms with Crippen LogP contribution in [0.1, 0.15) is 24.2 Å². The quantitative estimate of drug-likeness (QED) is 0.940. The van der Waals surface area contributed by atoms with Gasteiger partial charge >= 0.3 is 0 Å². The van der Waals surface area contributed by atoms with Gasteiger partial charge in [-0.1, -0.05) is 22.0 Å². The molecular formula is C14H14BrNO2. The summed E-state index contributed by atoms with van der Waals surface area (Å²) in [6.07, 6.45) is 2.91. The first-order valence-electron chi connectivity index (χ1n) is 5.66. The SMILES string of the molecule is CC(O)c1ccc(Br)cc1OCc1ccncc1. The van der Waals surface area contributed by atoms with Crippen LogP contribution in [0.5, 0.6) is 5.75 Å². The number of benzene rings is 1. The lowest BCUT2D eigenvalue weighted by Crippen LogP contribution is -2.01. The molecule has 0 saturated heterocycles. The summed E-state index contributed by atoms with van der Waals surface area (Å²) in [5.74, 6) is 0.691. The second-order valence-electron chi connectivity index (χ2n) is 4.00. The standard InChI is InChI=1S/C14H14BrNO2/c1-10(17)13-3-2-12(15)8-14(13)18-9-11-4-6-16-7-5-11/h2-8,10,17H,9H2,1H3. The van der Waals surface area contributed by atoms with Gasteiger partial charge in [-0.3, -0.25) is 4.98 Å². The normalized spacial score (nSPS) is 12.2. The van der Waals surface area contributed by atoms with E-state index in [1.54, 1.807) is 19.3 Å². The first-order valence-corrected chi connectivity index (χ1v) is 6.45. The number of aliphatic hydroxyl groups is 1. The second-order valence-corrected chi connectivity index (χ2v) is 4.92. The highest BCUT2D eigenvalue weighted by Crippen LogP contribution is 2.29. The van der Waals surface area contributed by atoms with E-state index in [2.05, 4.69) is 20.9 Å². The van der Waals surface area contributed by atoms with Gasteiger partial charge in [0.25, 0.3) is 0 Å². The zero-order chi connectivity index (χ0) is 13.0. The average molecular weight is 308 g/mol. The molecule has 3 nitrogen and oxygen atoms in total. The number of aromatic nitrogens is 1. The molecule has 0 aliphatic rings. The Labute approximate surface area is 115 Å². The van der Waals surface area contributed by atoms with Crippen LogP contribution in [-0.4, -0.2) is 10.1 Å². The number of hydrogen-bond donors (Lipinski definition) is 1. The lowest BCUT2D eigenvalue weighted by atomic mass is 10.1. The van der Waals surface area contributed by atoms with Crippen LogP contribution >= 0.6 is 15.9 Å². The monoisotopic (exact) mass is 307 g/mol. The van der Waals surface area contributed by atoms with Crippen molar-refractivity contribution in [2.45, 2.75) is 19.6 Å². The second kappa shape index (κ2) is 5.98. The fraction of sp³-hybridized carbons (Fsp3) is 0.214. The molecule has 0 fully saturated rings. The third-order valence-electron chi connectivity index (χ3n) is 2.57. The minimum atomic E-state index is -0.550. The molecule has 1 heterocycles. The summed E-state index contributed by atoms with van der Waals surface area (Å²) < 4.78 is 6.67. The Hall–Kier alpha value is -1.39. The maximum atomic E-state index is 9.69. The number of aliphatic hydroxyl groups excluding tert-OH is 1. The van der Waals surface area contributed by atoms with Crippen LogP contribution in [0.2, 0.25) is 0 Å². The van der Waals surface area contributed by atoms with E-state index in [1.165, 1.54) is 0 Å². The van der Waals surface area contributed by atoms with Crippen LogP contribution in [0.15, 0.2) is 47.2 Å². The summed E-state index contributed by atoms with van der Waals surface area (Å²) in [5, 5.41) is 9.69. The predicted octanol–water partition coefficient (Wildman–Crippen LogP) is 3.48. The zero-order valence-electron chi connectivity index (χ0n) is 10.0. The fourth-order valence-corrected chi connectivity index (χ4v) is 1.96. The minimum Gasteiger partial charge on any atom is -0.488 e. The number of ether oxygens (including phenoxy) is 1. The van der Waals surface area contributed by atoms with Crippen LogP contribution in [-0.2, 0) is 6.61 Å². The van der Waals surface area contributed by atoms with Crippen molar-refractivity contribution in [3.05, 3.63) is 58.3 Å². The summed E-state index contributed by atoms with van der Waals surface area (Å²) in [4.78, 5) is 3.96. The topological polar surface area (TPSA) is 42.4 Å². The molecule has 0 aliphatic carbocycles. The van der Waals surface area contributed by atoms with Gasteiger partial charge in [-0.2, -0.15) is 0 Å². The van der Waals surface area contributed by atoms with E-state index in [-0.39, 0.29) is 0 Å². The van der Waals surface area contributed by atoms with Crippen molar-refractivity contribution < 1.29 is 9.84 Å². The van der Waals surface area contributed by atoms with Gasteiger partial charge in [0.05, 0.1) is 6.10 Å². The molecule has 0 amide bonds. The molecule has 2 rings (SSSR count). The molecule has 94 valence electrons. The molecule has 0 radical (unpaired) electrons. The van der Waals surface area contributed by atoms with Gasteiger partial charge in [0.2, 0.25) is 0 Å². The highest BCUT2D eigenvalue weighted by atomic mass is 79.9. The fourth-order valence-electron chi connectivity index (χ4n) is 1.62. The number of rotatable bonds is 4. The van der Waals surface area contributed by atoms with Gasteiger partial charge < -0.3 is 9.84 Å². The first kappa shape index (κ1) is 13.1. The Morgan fingerprint density at radius 1 is 1.28 bits per heavy atom. The molecule has 1 unspecified atom stereocenters. The molecule has 0 spiro atoms. The Balaban J connectivity index is 2.15. The van der Waals surface area contributed by atoms with Gasteiger partial charge in [-0.25, -0.2) is 0 Å². The lowest BCUT2D eigenvalue weighted by Gasteiger charge is -2.13. The Kier molecular flexibility index (Phi) is 4.33. The molecular weight excluding hydrogens is 294 g/mol. The molecule has 0 bridgehead atoms. The van der Waals surface area contributed by atoms with Crippen molar-refractivity contribution in [2.75, 3.05) is 0 Å². The van der Waals surface area contributed by atoms with Crippen molar-refractivity contribution in [2.24, 2.45) is 0 Å². The largest absolute Gasteiger partial charge is 0.488 e. The van der Waals surface area contributed by atoms with Crippen LogP contribution in [0, 0.1) is 0 Å². The Morgan fingerprint density at radius 3 is 2.67 bits per heavy atom. The van der Waals surface area contributed by atoms with Crippen molar-refractivity contribution in [1.82, 2.24) is 4.98 Å². The van der Waals surface area contributed by atoms with Crippen molar-refractivity contribution in [1.29, 1.82) is 0 Å². The molecule has 1 aromatic heterocycles. The number of pyridine rings is 1. The molecule has 0 aliphatic heterocycles. The van der Waals surface area contributed by atoms with Crippen LogP contribution in [0.4, 0.5) is 0 Å². The van der Waals surface area contributed by atoms with E-state index in [0.29, 0.717) is 12.4 Å². The maximum absolute atomic E-state index is 9.69. The van der Waals surface area contributed by atoms with Gasteiger partial charge in [0, 0.05) is 22.4 Å². The molecule has 1 aromatic carbocycles. The van der Waals surface area contributed by atoms with E-state index >= 15 is 0 Å². The number of nitrogens with zero attached hydrogens (tertiary/aromatic N) is 1. The first-order chi connectivity index (χ1) is 8.66. The molecule has 4 heteroatoms. The van der Waals surface area contributed by atoms with Gasteiger partial charge in [0.1, 0.15) is 12.4 Å². The van der Waals surface area contributed by atoms with E-state index in [0.717, 1.165) is 15.6 Å². The summed E-state index contributed by atoms with van der Waals surface area (Å²) in [5.41, 5.74) is 1.83. The van der Waals surface area contributed by atoms with Crippen LogP contribution in [0.3, 0.4) is 0 Å². The minimum absolute atomic E-state index is 0.457. The average Bonchev–Trinajstić information content (AvgIpc) is 2.37. The summed E-state index contributed by atoms with van der Waals surface area (Å²) in [7, 11) is 0. The number of hydrogen-bond acceptors (Lipinski definition) is 3.